The average Bonchev–Trinajstić information content (AvgIpc) is 2.16. The lowest BCUT2D eigenvalue weighted by atomic mass is 10.3. The van der Waals surface area contributed by atoms with Crippen molar-refractivity contribution in [3.05, 3.63) is 36.4 Å². The summed E-state index contributed by atoms with van der Waals surface area (Å²) in [6.07, 6.45) is 1.17. The number of halogens is 1. The van der Waals surface area contributed by atoms with E-state index in [1.807, 2.05) is 0 Å². The van der Waals surface area contributed by atoms with Gasteiger partial charge in [0.15, 0.2) is 0 Å². The number of rotatable bonds is 4. The van der Waals surface area contributed by atoms with E-state index in [2.05, 4.69) is 11.6 Å². The van der Waals surface area contributed by atoms with Crippen molar-refractivity contribution >= 4 is 5.97 Å². The van der Waals surface area contributed by atoms with Crippen molar-refractivity contribution in [2.45, 2.75) is 0 Å². The van der Waals surface area contributed by atoms with Crippen LogP contribution >= 0.6 is 0 Å². The Kier molecular flexibility index (Phi) is 3.17. The van der Waals surface area contributed by atoms with Crippen LogP contribution in [-0.2, 0) is 4.79 Å². The SMILES string of the molecule is C=C(COc1ccc(F)nc1)C(=O)O. The van der Waals surface area contributed by atoms with Crippen LogP contribution in [0.5, 0.6) is 5.75 Å². The number of hydrogen-bond donors (Lipinski definition) is 1. The van der Waals surface area contributed by atoms with Crippen LogP contribution in [0.1, 0.15) is 0 Å². The van der Waals surface area contributed by atoms with Gasteiger partial charge >= 0.3 is 5.97 Å². The van der Waals surface area contributed by atoms with Crippen molar-refractivity contribution in [1.82, 2.24) is 4.98 Å². The third-order valence-electron chi connectivity index (χ3n) is 1.42. The number of nitrogens with zero attached hydrogens (tertiary/aromatic N) is 1. The van der Waals surface area contributed by atoms with Crippen molar-refractivity contribution in [3.63, 3.8) is 0 Å². The van der Waals surface area contributed by atoms with Gasteiger partial charge in [-0.25, -0.2) is 9.78 Å². The Balaban J connectivity index is 2.50. The molecule has 1 aromatic heterocycles. The van der Waals surface area contributed by atoms with Crippen LogP contribution in [0.4, 0.5) is 4.39 Å². The number of ether oxygens (including phenoxy) is 1. The lowest BCUT2D eigenvalue weighted by Gasteiger charge is -2.04. The van der Waals surface area contributed by atoms with Crippen LogP contribution in [0, 0.1) is 5.95 Å². The van der Waals surface area contributed by atoms with Crippen LogP contribution in [0.25, 0.3) is 0 Å². The molecule has 0 saturated carbocycles. The molecule has 0 saturated heterocycles. The monoisotopic (exact) mass is 197 g/mol. The number of carboxylic acids is 1. The van der Waals surface area contributed by atoms with E-state index in [0.29, 0.717) is 5.75 Å². The summed E-state index contributed by atoms with van der Waals surface area (Å²) in [6.45, 7) is 3.12. The second-order valence-electron chi connectivity index (χ2n) is 2.51. The Morgan fingerprint density at radius 1 is 1.64 bits per heavy atom. The lowest BCUT2D eigenvalue weighted by molar-refractivity contribution is -0.133. The van der Waals surface area contributed by atoms with E-state index in [1.54, 1.807) is 0 Å². The summed E-state index contributed by atoms with van der Waals surface area (Å²) in [5.74, 6) is -1.44. The van der Waals surface area contributed by atoms with E-state index in [0.717, 1.165) is 6.07 Å². The molecule has 0 aliphatic heterocycles. The summed E-state index contributed by atoms with van der Waals surface area (Å²) in [6, 6.07) is 2.48. The molecule has 0 atom stereocenters. The number of aliphatic carboxylic acids is 1. The molecular formula is C9H8FNO3. The molecule has 0 bridgehead atoms. The highest BCUT2D eigenvalue weighted by molar-refractivity contribution is 5.86. The first-order valence-corrected chi connectivity index (χ1v) is 3.75. The van der Waals surface area contributed by atoms with E-state index < -0.39 is 11.9 Å². The molecule has 4 nitrogen and oxygen atoms in total. The molecule has 0 amide bonds. The van der Waals surface area contributed by atoms with Crippen LogP contribution in [0.15, 0.2) is 30.5 Å². The predicted octanol–water partition coefficient (Wildman–Crippen LogP) is 1.24. The molecule has 0 unspecified atom stereocenters. The summed E-state index contributed by atoms with van der Waals surface area (Å²) < 4.78 is 17.3. The second-order valence-corrected chi connectivity index (χ2v) is 2.51. The predicted molar refractivity (Wildman–Crippen MR) is 46.5 cm³/mol. The van der Waals surface area contributed by atoms with Crippen molar-refractivity contribution < 1.29 is 19.0 Å². The lowest BCUT2D eigenvalue weighted by Crippen LogP contribution is -2.08. The minimum atomic E-state index is -1.12. The van der Waals surface area contributed by atoms with E-state index >= 15 is 0 Å². The molecule has 0 aliphatic carbocycles. The molecular weight excluding hydrogens is 189 g/mol. The van der Waals surface area contributed by atoms with Crippen LogP contribution in [0.3, 0.4) is 0 Å². The number of carbonyl (C=O) groups is 1. The van der Waals surface area contributed by atoms with E-state index in [9.17, 15) is 9.18 Å². The minimum Gasteiger partial charge on any atom is -0.487 e. The molecule has 14 heavy (non-hydrogen) atoms. The van der Waals surface area contributed by atoms with E-state index in [4.69, 9.17) is 9.84 Å². The quantitative estimate of drug-likeness (QED) is 0.582. The summed E-state index contributed by atoms with van der Waals surface area (Å²) in [5.41, 5.74) is -0.0747. The van der Waals surface area contributed by atoms with Gasteiger partial charge in [0.2, 0.25) is 5.95 Å². The van der Waals surface area contributed by atoms with Crippen LogP contribution in [-0.4, -0.2) is 22.7 Å². The highest BCUT2D eigenvalue weighted by atomic mass is 19.1. The number of carboxylic acid groups (broad SMARTS) is 1. The molecule has 1 heterocycles. The molecule has 0 aliphatic rings. The summed E-state index contributed by atoms with van der Waals surface area (Å²) >= 11 is 0. The fourth-order valence-electron chi connectivity index (χ4n) is 0.680. The van der Waals surface area contributed by atoms with Crippen molar-refractivity contribution in [2.75, 3.05) is 6.61 Å². The Bertz CT molecular complexity index is 348. The van der Waals surface area contributed by atoms with Gasteiger partial charge in [-0.3, -0.25) is 0 Å². The first-order chi connectivity index (χ1) is 6.59. The normalized spacial score (nSPS) is 9.50. The summed E-state index contributed by atoms with van der Waals surface area (Å²) in [7, 11) is 0. The molecule has 1 rings (SSSR count). The van der Waals surface area contributed by atoms with Crippen LogP contribution < -0.4 is 4.74 Å². The smallest absolute Gasteiger partial charge is 0.334 e. The first kappa shape index (κ1) is 10.2. The van der Waals surface area contributed by atoms with Crippen LogP contribution in [0.2, 0.25) is 0 Å². The zero-order valence-electron chi connectivity index (χ0n) is 7.24. The molecule has 0 spiro atoms. The fraction of sp³-hybridized carbons (Fsp3) is 0.111. The van der Waals surface area contributed by atoms with Gasteiger partial charge in [0.1, 0.15) is 12.4 Å². The van der Waals surface area contributed by atoms with Crippen molar-refractivity contribution in [3.8, 4) is 5.75 Å². The zero-order valence-corrected chi connectivity index (χ0v) is 7.24. The molecule has 0 aromatic carbocycles. The molecule has 0 radical (unpaired) electrons. The average molecular weight is 197 g/mol. The van der Waals surface area contributed by atoms with E-state index in [1.165, 1.54) is 12.3 Å². The molecule has 1 aromatic rings. The minimum absolute atomic E-state index is 0.0747. The number of aromatic nitrogens is 1. The number of pyridine rings is 1. The molecule has 74 valence electrons. The summed E-state index contributed by atoms with van der Waals surface area (Å²) in [4.78, 5) is 13.7. The second kappa shape index (κ2) is 4.36. The van der Waals surface area contributed by atoms with Crippen molar-refractivity contribution in [2.24, 2.45) is 0 Å². The largest absolute Gasteiger partial charge is 0.487 e. The third-order valence-corrected chi connectivity index (χ3v) is 1.42. The topological polar surface area (TPSA) is 59.4 Å². The Morgan fingerprint density at radius 2 is 2.36 bits per heavy atom. The van der Waals surface area contributed by atoms with Crippen molar-refractivity contribution in [1.29, 1.82) is 0 Å². The van der Waals surface area contributed by atoms with Gasteiger partial charge in [0.25, 0.3) is 0 Å². The summed E-state index contributed by atoms with van der Waals surface area (Å²) in [5, 5.41) is 8.45. The highest BCUT2D eigenvalue weighted by Gasteiger charge is 2.04. The van der Waals surface area contributed by atoms with Gasteiger partial charge in [0.05, 0.1) is 11.8 Å². The standard InChI is InChI=1S/C9H8FNO3/c1-6(9(12)13)5-14-7-2-3-8(10)11-4-7/h2-4H,1,5H2,(H,12,13). The maximum Gasteiger partial charge on any atom is 0.334 e. The Labute approximate surface area is 79.7 Å². The third kappa shape index (κ3) is 2.85. The maximum atomic E-state index is 12.3. The van der Waals surface area contributed by atoms with E-state index in [-0.39, 0.29) is 12.2 Å². The zero-order chi connectivity index (χ0) is 10.6. The number of hydrogen-bond acceptors (Lipinski definition) is 3. The first-order valence-electron chi connectivity index (χ1n) is 3.75. The molecule has 0 fully saturated rings. The maximum absolute atomic E-state index is 12.3. The molecule has 5 heteroatoms. The highest BCUT2D eigenvalue weighted by Crippen LogP contribution is 2.09. The molecule has 1 N–H and O–H groups in total. The Hall–Kier alpha value is -1.91. The van der Waals surface area contributed by atoms with Gasteiger partial charge in [-0.2, -0.15) is 4.39 Å². The van der Waals surface area contributed by atoms with Gasteiger partial charge < -0.3 is 9.84 Å². The Morgan fingerprint density at radius 3 is 2.86 bits per heavy atom. The fourth-order valence-corrected chi connectivity index (χ4v) is 0.680. The van der Waals surface area contributed by atoms with Gasteiger partial charge in [-0.05, 0) is 12.1 Å². The van der Waals surface area contributed by atoms with Gasteiger partial charge in [-0.15, -0.1) is 0 Å². The van der Waals surface area contributed by atoms with Gasteiger partial charge in [-0.1, -0.05) is 6.58 Å². The van der Waals surface area contributed by atoms with Gasteiger partial charge in [0, 0.05) is 0 Å².